The number of ether oxygens (including phenoxy) is 1. The molecule has 0 amide bonds. The van der Waals surface area contributed by atoms with Crippen LogP contribution in [-0.4, -0.2) is 26.5 Å². The molecule has 1 rings (SSSR count). The number of hydrogen-bond acceptors (Lipinski definition) is 3. The van der Waals surface area contributed by atoms with E-state index in [0.29, 0.717) is 11.3 Å². The SMILES string of the molecule is CCN(CC)c1ccc(OC)c(C=O)c1. The van der Waals surface area contributed by atoms with Gasteiger partial charge in [0.1, 0.15) is 5.75 Å². The van der Waals surface area contributed by atoms with E-state index in [-0.39, 0.29) is 0 Å². The normalized spacial score (nSPS) is 9.80. The minimum atomic E-state index is 0.599. The van der Waals surface area contributed by atoms with Crippen LogP contribution in [0.5, 0.6) is 5.75 Å². The van der Waals surface area contributed by atoms with Gasteiger partial charge < -0.3 is 9.64 Å². The molecule has 0 fully saturated rings. The van der Waals surface area contributed by atoms with Crippen LogP contribution in [0, 0.1) is 0 Å². The third-order valence-electron chi connectivity index (χ3n) is 2.47. The molecule has 0 aliphatic heterocycles. The molecule has 0 aliphatic rings. The Bertz CT molecular complexity index is 332. The minimum Gasteiger partial charge on any atom is -0.496 e. The summed E-state index contributed by atoms with van der Waals surface area (Å²) in [5.41, 5.74) is 1.66. The van der Waals surface area contributed by atoms with E-state index in [1.54, 1.807) is 7.11 Å². The Labute approximate surface area is 90.7 Å². The molecule has 0 aromatic heterocycles. The van der Waals surface area contributed by atoms with Gasteiger partial charge in [0.2, 0.25) is 0 Å². The first-order valence-corrected chi connectivity index (χ1v) is 5.15. The lowest BCUT2D eigenvalue weighted by atomic mass is 10.2. The number of carbonyl (C=O) groups is 1. The second-order valence-electron chi connectivity index (χ2n) is 3.22. The van der Waals surface area contributed by atoms with Crippen molar-refractivity contribution in [2.45, 2.75) is 13.8 Å². The molecule has 0 aliphatic carbocycles. The second-order valence-corrected chi connectivity index (χ2v) is 3.22. The number of rotatable bonds is 5. The standard InChI is InChI=1S/C12H17NO2/c1-4-13(5-2)11-6-7-12(15-3)10(8-11)9-14/h6-9H,4-5H2,1-3H3. The van der Waals surface area contributed by atoms with Crippen LogP contribution in [0.25, 0.3) is 0 Å². The number of anilines is 1. The van der Waals surface area contributed by atoms with Gasteiger partial charge in [-0.15, -0.1) is 0 Å². The summed E-state index contributed by atoms with van der Waals surface area (Å²) >= 11 is 0. The Kier molecular flexibility index (Phi) is 4.16. The Morgan fingerprint density at radius 3 is 2.47 bits per heavy atom. The van der Waals surface area contributed by atoms with Gasteiger partial charge in [-0.3, -0.25) is 4.79 Å². The fourth-order valence-electron chi connectivity index (χ4n) is 1.60. The van der Waals surface area contributed by atoms with Crippen LogP contribution in [0.2, 0.25) is 0 Å². The van der Waals surface area contributed by atoms with E-state index in [9.17, 15) is 4.79 Å². The Balaban J connectivity index is 3.06. The van der Waals surface area contributed by atoms with Gasteiger partial charge in [0.15, 0.2) is 6.29 Å². The molecule has 0 unspecified atom stereocenters. The average molecular weight is 207 g/mol. The Morgan fingerprint density at radius 1 is 1.33 bits per heavy atom. The number of benzene rings is 1. The van der Waals surface area contributed by atoms with Gasteiger partial charge in [-0.05, 0) is 32.0 Å². The Hall–Kier alpha value is -1.51. The monoisotopic (exact) mass is 207 g/mol. The zero-order valence-corrected chi connectivity index (χ0v) is 9.49. The summed E-state index contributed by atoms with van der Waals surface area (Å²) in [6.45, 7) is 6.05. The number of nitrogens with zero attached hydrogens (tertiary/aromatic N) is 1. The summed E-state index contributed by atoms with van der Waals surface area (Å²) in [6, 6.07) is 5.66. The molecule has 0 atom stereocenters. The molecule has 0 heterocycles. The lowest BCUT2D eigenvalue weighted by Gasteiger charge is -2.21. The molecular formula is C12H17NO2. The molecule has 0 radical (unpaired) electrons. The van der Waals surface area contributed by atoms with Crippen LogP contribution >= 0.6 is 0 Å². The first-order chi connectivity index (χ1) is 7.26. The number of methoxy groups -OCH3 is 1. The highest BCUT2D eigenvalue weighted by Crippen LogP contribution is 2.23. The molecule has 1 aromatic carbocycles. The highest BCUT2D eigenvalue weighted by Gasteiger charge is 2.06. The lowest BCUT2D eigenvalue weighted by Crippen LogP contribution is -2.21. The molecule has 15 heavy (non-hydrogen) atoms. The smallest absolute Gasteiger partial charge is 0.153 e. The fourth-order valence-corrected chi connectivity index (χ4v) is 1.60. The summed E-state index contributed by atoms with van der Waals surface area (Å²) in [4.78, 5) is 13.0. The molecule has 3 nitrogen and oxygen atoms in total. The van der Waals surface area contributed by atoms with Crippen LogP contribution < -0.4 is 9.64 Å². The quantitative estimate of drug-likeness (QED) is 0.694. The van der Waals surface area contributed by atoms with Crippen molar-refractivity contribution in [3.8, 4) is 5.75 Å². The highest BCUT2D eigenvalue weighted by atomic mass is 16.5. The van der Waals surface area contributed by atoms with E-state index < -0.39 is 0 Å². The summed E-state index contributed by atoms with van der Waals surface area (Å²) in [5.74, 6) is 0.626. The largest absolute Gasteiger partial charge is 0.496 e. The first kappa shape index (κ1) is 11.6. The van der Waals surface area contributed by atoms with E-state index in [2.05, 4.69) is 18.7 Å². The second kappa shape index (κ2) is 5.39. The van der Waals surface area contributed by atoms with E-state index >= 15 is 0 Å². The summed E-state index contributed by atoms with van der Waals surface area (Å²) < 4.78 is 5.09. The number of aldehydes is 1. The third-order valence-corrected chi connectivity index (χ3v) is 2.47. The van der Waals surface area contributed by atoms with E-state index in [1.807, 2.05) is 18.2 Å². The average Bonchev–Trinajstić information content (AvgIpc) is 2.30. The molecular weight excluding hydrogens is 190 g/mol. The first-order valence-electron chi connectivity index (χ1n) is 5.15. The van der Waals surface area contributed by atoms with Crippen LogP contribution in [0.15, 0.2) is 18.2 Å². The molecule has 0 saturated carbocycles. The van der Waals surface area contributed by atoms with Crippen molar-refractivity contribution in [3.63, 3.8) is 0 Å². The predicted molar refractivity (Wildman–Crippen MR) is 61.9 cm³/mol. The van der Waals surface area contributed by atoms with Crippen molar-refractivity contribution in [3.05, 3.63) is 23.8 Å². The maximum Gasteiger partial charge on any atom is 0.153 e. The van der Waals surface area contributed by atoms with Gasteiger partial charge >= 0.3 is 0 Å². The van der Waals surface area contributed by atoms with Crippen LogP contribution in [0.3, 0.4) is 0 Å². The summed E-state index contributed by atoms with van der Waals surface area (Å²) in [6.07, 6.45) is 0.825. The minimum absolute atomic E-state index is 0.599. The molecule has 82 valence electrons. The predicted octanol–water partition coefficient (Wildman–Crippen LogP) is 2.35. The number of carbonyl (C=O) groups excluding carboxylic acids is 1. The third kappa shape index (κ3) is 2.49. The van der Waals surface area contributed by atoms with Crippen molar-refractivity contribution in [2.75, 3.05) is 25.1 Å². The molecule has 0 spiro atoms. The fraction of sp³-hybridized carbons (Fsp3) is 0.417. The summed E-state index contributed by atoms with van der Waals surface area (Å²) in [5, 5.41) is 0. The van der Waals surface area contributed by atoms with Gasteiger partial charge in [-0.1, -0.05) is 0 Å². The highest BCUT2D eigenvalue weighted by molar-refractivity contribution is 5.81. The van der Waals surface area contributed by atoms with Crippen molar-refractivity contribution < 1.29 is 9.53 Å². The van der Waals surface area contributed by atoms with Crippen molar-refractivity contribution in [1.82, 2.24) is 0 Å². The van der Waals surface area contributed by atoms with E-state index in [0.717, 1.165) is 25.1 Å². The molecule has 0 saturated heterocycles. The lowest BCUT2D eigenvalue weighted by molar-refractivity contribution is 0.112. The van der Waals surface area contributed by atoms with Crippen molar-refractivity contribution >= 4 is 12.0 Å². The molecule has 1 aromatic rings. The molecule has 0 N–H and O–H groups in total. The maximum absolute atomic E-state index is 10.8. The number of hydrogen-bond donors (Lipinski definition) is 0. The van der Waals surface area contributed by atoms with Crippen LogP contribution in [-0.2, 0) is 0 Å². The Morgan fingerprint density at radius 2 is 2.00 bits per heavy atom. The van der Waals surface area contributed by atoms with E-state index in [4.69, 9.17) is 4.74 Å². The van der Waals surface area contributed by atoms with Crippen molar-refractivity contribution in [1.29, 1.82) is 0 Å². The van der Waals surface area contributed by atoms with E-state index in [1.165, 1.54) is 0 Å². The van der Waals surface area contributed by atoms with Gasteiger partial charge in [0.05, 0.1) is 12.7 Å². The van der Waals surface area contributed by atoms with Gasteiger partial charge in [-0.25, -0.2) is 0 Å². The van der Waals surface area contributed by atoms with Crippen LogP contribution in [0.4, 0.5) is 5.69 Å². The molecule has 3 heteroatoms. The summed E-state index contributed by atoms with van der Waals surface area (Å²) in [7, 11) is 1.57. The van der Waals surface area contributed by atoms with Gasteiger partial charge in [-0.2, -0.15) is 0 Å². The van der Waals surface area contributed by atoms with Gasteiger partial charge in [0, 0.05) is 18.8 Å². The van der Waals surface area contributed by atoms with Crippen molar-refractivity contribution in [2.24, 2.45) is 0 Å². The maximum atomic E-state index is 10.8. The van der Waals surface area contributed by atoms with Gasteiger partial charge in [0.25, 0.3) is 0 Å². The topological polar surface area (TPSA) is 29.5 Å². The van der Waals surface area contributed by atoms with Crippen LogP contribution in [0.1, 0.15) is 24.2 Å². The zero-order chi connectivity index (χ0) is 11.3. The molecule has 0 bridgehead atoms. The zero-order valence-electron chi connectivity index (χ0n) is 9.49.